The summed E-state index contributed by atoms with van der Waals surface area (Å²) in [5.74, 6) is -0.862. The number of hydrogen-bond acceptors (Lipinski definition) is 2. The molecule has 5 heteroatoms. The molecule has 0 saturated carbocycles. The largest absolute Gasteiger partial charge is 0.399 e. The average Bonchev–Trinajstić information content (AvgIpc) is 2.48. The number of anilines is 2. The lowest BCUT2D eigenvalue weighted by Crippen LogP contribution is -2.36. The van der Waals surface area contributed by atoms with Gasteiger partial charge < -0.3 is 10.6 Å². The number of hydrogen-bond donors (Lipinski definition) is 1. The van der Waals surface area contributed by atoms with Gasteiger partial charge in [-0.05, 0) is 58.6 Å². The van der Waals surface area contributed by atoms with Crippen LogP contribution < -0.4 is 10.6 Å². The van der Waals surface area contributed by atoms with Crippen molar-refractivity contribution in [2.45, 2.75) is 12.8 Å². The number of aryl methyl sites for hydroxylation is 1. The van der Waals surface area contributed by atoms with Gasteiger partial charge in [0.05, 0.1) is 10.0 Å². The van der Waals surface area contributed by atoms with Crippen LogP contribution in [0.1, 0.15) is 22.3 Å². The highest BCUT2D eigenvalue weighted by atomic mass is 79.9. The molecule has 1 aliphatic heterocycles. The minimum Gasteiger partial charge on any atom is -0.399 e. The smallest absolute Gasteiger partial charge is 0.261 e. The van der Waals surface area contributed by atoms with Gasteiger partial charge in [-0.3, -0.25) is 4.79 Å². The molecular weight excluding hydrogens is 335 g/mol. The molecule has 1 heterocycles. The number of halogens is 2. The average molecular weight is 349 g/mol. The summed E-state index contributed by atoms with van der Waals surface area (Å²) in [5, 5.41) is 0. The van der Waals surface area contributed by atoms with Crippen LogP contribution in [-0.2, 0) is 6.42 Å². The lowest BCUT2D eigenvalue weighted by Gasteiger charge is -2.30. The van der Waals surface area contributed by atoms with E-state index in [1.54, 1.807) is 23.1 Å². The van der Waals surface area contributed by atoms with Gasteiger partial charge in [-0.1, -0.05) is 12.1 Å². The van der Waals surface area contributed by atoms with E-state index in [9.17, 15) is 9.18 Å². The Kier molecular flexibility index (Phi) is 3.68. The summed E-state index contributed by atoms with van der Waals surface area (Å²) in [4.78, 5) is 14.3. The van der Waals surface area contributed by atoms with E-state index in [4.69, 9.17) is 5.73 Å². The topological polar surface area (TPSA) is 46.3 Å². The predicted molar refractivity (Wildman–Crippen MR) is 85.0 cm³/mol. The van der Waals surface area contributed by atoms with Crippen molar-refractivity contribution < 1.29 is 9.18 Å². The van der Waals surface area contributed by atoms with Gasteiger partial charge in [0.2, 0.25) is 0 Å². The number of fused-ring (bicyclic) bond motifs is 1. The van der Waals surface area contributed by atoms with Crippen LogP contribution in [0.5, 0.6) is 0 Å². The molecular formula is C16H14BrFN2O. The molecule has 0 saturated heterocycles. The summed E-state index contributed by atoms with van der Waals surface area (Å²) in [6, 6.07) is 10.3. The van der Waals surface area contributed by atoms with Gasteiger partial charge >= 0.3 is 0 Å². The number of nitrogen functional groups attached to an aromatic ring is 1. The molecule has 0 aromatic heterocycles. The minimum absolute atomic E-state index is 0.0691. The second kappa shape index (κ2) is 5.48. The summed E-state index contributed by atoms with van der Waals surface area (Å²) < 4.78 is 14.4. The lowest BCUT2D eigenvalue weighted by molar-refractivity contribution is 0.0981. The van der Waals surface area contributed by atoms with Crippen molar-refractivity contribution in [1.29, 1.82) is 0 Å². The number of carbonyl (C=O) groups is 1. The standard InChI is InChI=1S/C16H14BrFN2O/c17-13-5-1-4-12(15(13)18)16(21)20-8-2-3-10-6-7-11(19)9-14(10)20/h1,4-7,9H,2-3,8,19H2. The monoisotopic (exact) mass is 348 g/mol. The second-order valence-corrected chi connectivity index (χ2v) is 5.90. The summed E-state index contributed by atoms with van der Waals surface area (Å²) in [5.41, 5.74) is 8.34. The number of carbonyl (C=O) groups excluding carboxylic acids is 1. The quantitative estimate of drug-likeness (QED) is 0.797. The molecule has 2 aromatic carbocycles. The maximum Gasteiger partial charge on any atom is 0.261 e. The van der Waals surface area contributed by atoms with E-state index in [1.807, 2.05) is 12.1 Å². The predicted octanol–water partition coefficient (Wildman–Crippen LogP) is 3.76. The third-order valence-electron chi connectivity index (χ3n) is 3.66. The molecule has 108 valence electrons. The maximum atomic E-state index is 14.1. The van der Waals surface area contributed by atoms with E-state index in [0.29, 0.717) is 12.2 Å². The molecule has 0 atom stereocenters. The van der Waals surface area contributed by atoms with Crippen LogP contribution in [0.2, 0.25) is 0 Å². The summed E-state index contributed by atoms with van der Waals surface area (Å²) >= 11 is 3.12. The van der Waals surface area contributed by atoms with Gasteiger partial charge in [0.15, 0.2) is 0 Å². The Bertz CT molecular complexity index is 717. The van der Waals surface area contributed by atoms with Crippen LogP contribution in [0.15, 0.2) is 40.9 Å². The molecule has 1 aliphatic rings. The summed E-state index contributed by atoms with van der Waals surface area (Å²) in [7, 11) is 0. The van der Waals surface area contributed by atoms with E-state index >= 15 is 0 Å². The van der Waals surface area contributed by atoms with Crippen molar-refractivity contribution in [3.05, 3.63) is 57.8 Å². The van der Waals surface area contributed by atoms with Gasteiger partial charge in [-0.25, -0.2) is 4.39 Å². The Balaban J connectivity index is 2.04. The molecule has 1 amide bonds. The van der Waals surface area contributed by atoms with Crippen LogP contribution in [0.3, 0.4) is 0 Å². The van der Waals surface area contributed by atoms with Crippen molar-refractivity contribution >= 4 is 33.2 Å². The molecule has 0 spiro atoms. The first-order valence-corrected chi connectivity index (χ1v) is 7.51. The first-order chi connectivity index (χ1) is 10.1. The number of amides is 1. The molecule has 0 aliphatic carbocycles. The molecule has 0 unspecified atom stereocenters. The van der Waals surface area contributed by atoms with Crippen LogP contribution >= 0.6 is 15.9 Å². The van der Waals surface area contributed by atoms with Gasteiger partial charge in [0.1, 0.15) is 5.82 Å². The molecule has 0 fully saturated rings. The fraction of sp³-hybridized carbons (Fsp3) is 0.188. The Labute approximate surface area is 130 Å². The molecule has 3 nitrogen and oxygen atoms in total. The molecule has 2 aromatic rings. The molecule has 2 N–H and O–H groups in total. The molecule has 0 bridgehead atoms. The summed E-state index contributed by atoms with van der Waals surface area (Å²) in [6.07, 6.45) is 1.76. The van der Waals surface area contributed by atoms with E-state index in [1.165, 1.54) is 6.07 Å². The normalized spacial score (nSPS) is 13.9. The Hall–Kier alpha value is -1.88. The Morgan fingerprint density at radius 2 is 2.10 bits per heavy atom. The maximum absolute atomic E-state index is 14.1. The van der Waals surface area contributed by atoms with Crippen molar-refractivity contribution in [1.82, 2.24) is 0 Å². The van der Waals surface area contributed by atoms with Crippen molar-refractivity contribution in [3.8, 4) is 0 Å². The van der Waals surface area contributed by atoms with Crippen molar-refractivity contribution in [2.24, 2.45) is 0 Å². The fourth-order valence-electron chi connectivity index (χ4n) is 2.62. The first-order valence-electron chi connectivity index (χ1n) is 6.72. The third kappa shape index (κ3) is 2.53. The highest BCUT2D eigenvalue weighted by Crippen LogP contribution is 2.31. The SMILES string of the molecule is Nc1ccc2c(c1)N(C(=O)c1cccc(Br)c1F)CCC2. The van der Waals surface area contributed by atoms with Gasteiger partial charge in [0, 0.05) is 17.9 Å². The molecule has 3 rings (SSSR count). The molecule has 0 radical (unpaired) electrons. The lowest BCUT2D eigenvalue weighted by atomic mass is 10.00. The van der Waals surface area contributed by atoms with Gasteiger partial charge in [0.25, 0.3) is 5.91 Å². The van der Waals surface area contributed by atoms with E-state index in [0.717, 1.165) is 24.1 Å². The molecule has 21 heavy (non-hydrogen) atoms. The number of benzene rings is 2. The fourth-order valence-corrected chi connectivity index (χ4v) is 2.98. The zero-order chi connectivity index (χ0) is 15.0. The van der Waals surface area contributed by atoms with Crippen LogP contribution in [0.25, 0.3) is 0 Å². The zero-order valence-electron chi connectivity index (χ0n) is 11.3. The number of nitrogens with zero attached hydrogens (tertiary/aromatic N) is 1. The van der Waals surface area contributed by atoms with E-state index < -0.39 is 5.82 Å². The Morgan fingerprint density at radius 3 is 2.90 bits per heavy atom. The Morgan fingerprint density at radius 1 is 1.29 bits per heavy atom. The van der Waals surface area contributed by atoms with E-state index in [-0.39, 0.29) is 15.9 Å². The summed E-state index contributed by atoms with van der Waals surface area (Å²) in [6.45, 7) is 0.571. The zero-order valence-corrected chi connectivity index (χ0v) is 12.9. The third-order valence-corrected chi connectivity index (χ3v) is 4.27. The van der Waals surface area contributed by atoms with Crippen LogP contribution in [0, 0.1) is 5.82 Å². The van der Waals surface area contributed by atoms with Crippen molar-refractivity contribution in [3.63, 3.8) is 0 Å². The van der Waals surface area contributed by atoms with Crippen LogP contribution in [-0.4, -0.2) is 12.5 Å². The first kappa shape index (κ1) is 14.1. The number of rotatable bonds is 1. The van der Waals surface area contributed by atoms with Gasteiger partial charge in [-0.15, -0.1) is 0 Å². The van der Waals surface area contributed by atoms with Crippen molar-refractivity contribution in [2.75, 3.05) is 17.2 Å². The minimum atomic E-state index is -0.529. The van der Waals surface area contributed by atoms with Gasteiger partial charge in [-0.2, -0.15) is 0 Å². The highest BCUT2D eigenvalue weighted by Gasteiger charge is 2.26. The number of nitrogens with two attached hydrogens (primary N) is 1. The second-order valence-electron chi connectivity index (χ2n) is 5.05. The van der Waals surface area contributed by atoms with Crippen LogP contribution in [0.4, 0.5) is 15.8 Å². The van der Waals surface area contributed by atoms with E-state index in [2.05, 4.69) is 15.9 Å². The highest BCUT2D eigenvalue weighted by molar-refractivity contribution is 9.10.